The van der Waals surface area contributed by atoms with Gasteiger partial charge in [0.25, 0.3) is 0 Å². The monoisotopic (exact) mass is 446 g/mol. The number of nitrogens with zero attached hydrogens (tertiary/aromatic N) is 3. The minimum absolute atomic E-state index is 0.0797. The molecular formula is C27H34N4O2. The Morgan fingerprint density at radius 1 is 1.12 bits per heavy atom. The van der Waals surface area contributed by atoms with Crippen molar-refractivity contribution in [3.63, 3.8) is 0 Å². The highest BCUT2D eigenvalue weighted by Crippen LogP contribution is 2.31. The van der Waals surface area contributed by atoms with Crippen LogP contribution in [0, 0.1) is 25.7 Å². The van der Waals surface area contributed by atoms with E-state index in [-0.39, 0.29) is 11.8 Å². The molecule has 3 aromatic rings. The topological polar surface area (TPSA) is 78.4 Å². The van der Waals surface area contributed by atoms with Crippen molar-refractivity contribution < 1.29 is 9.90 Å². The van der Waals surface area contributed by atoms with E-state index in [9.17, 15) is 9.90 Å². The van der Waals surface area contributed by atoms with E-state index in [2.05, 4.69) is 54.4 Å². The Hall–Kier alpha value is -2.99. The van der Waals surface area contributed by atoms with E-state index < -0.39 is 6.10 Å². The molecule has 0 bridgehead atoms. The van der Waals surface area contributed by atoms with Crippen LogP contribution in [0.1, 0.15) is 37.8 Å². The third kappa shape index (κ3) is 5.17. The van der Waals surface area contributed by atoms with Crippen LogP contribution in [-0.2, 0) is 4.79 Å². The first-order valence-corrected chi connectivity index (χ1v) is 11.9. The molecule has 1 saturated heterocycles. The molecule has 2 N–H and O–H groups in total. The number of hydrogen-bond acceptors (Lipinski definition) is 5. The summed E-state index contributed by atoms with van der Waals surface area (Å²) < 4.78 is 0. The van der Waals surface area contributed by atoms with E-state index in [1.807, 2.05) is 26.0 Å². The molecule has 1 atom stereocenters. The molecular weight excluding hydrogens is 412 g/mol. The van der Waals surface area contributed by atoms with Gasteiger partial charge in [-0.1, -0.05) is 44.2 Å². The van der Waals surface area contributed by atoms with Gasteiger partial charge in [-0.05, 0) is 61.8 Å². The van der Waals surface area contributed by atoms with Crippen LogP contribution in [0.4, 0.5) is 5.82 Å². The van der Waals surface area contributed by atoms with Crippen molar-refractivity contribution in [2.75, 3.05) is 24.5 Å². The average molecular weight is 447 g/mol. The van der Waals surface area contributed by atoms with Gasteiger partial charge in [-0.2, -0.15) is 0 Å². The number of benzene rings is 2. The molecule has 0 aliphatic carbocycles. The summed E-state index contributed by atoms with van der Waals surface area (Å²) in [6.45, 7) is 10.2. The number of fused-ring (bicyclic) bond motifs is 1. The van der Waals surface area contributed by atoms with Gasteiger partial charge in [0.2, 0.25) is 5.91 Å². The molecule has 6 nitrogen and oxygen atoms in total. The van der Waals surface area contributed by atoms with Crippen LogP contribution in [0.2, 0.25) is 0 Å². The summed E-state index contributed by atoms with van der Waals surface area (Å²) in [5.74, 6) is 1.79. The Morgan fingerprint density at radius 3 is 2.55 bits per heavy atom. The molecule has 33 heavy (non-hydrogen) atoms. The van der Waals surface area contributed by atoms with Crippen LogP contribution < -0.4 is 10.2 Å². The minimum atomic E-state index is -0.944. The zero-order valence-corrected chi connectivity index (χ0v) is 20.0. The van der Waals surface area contributed by atoms with E-state index >= 15 is 0 Å². The zero-order chi connectivity index (χ0) is 23.5. The van der Waals surface area contributed by atoms with Crippen molar-refractivity contribution in [1.29, 1.82) is 0 Å². The van der Waals surface area contributed by atoms with E-state index in [0.717, 1.165) is 59.6 Å². The fraction of sp³-hybridized carbons (Fsp3) is 0.444. The highest BCUT2D eigenvalue weighted by molar-refractivity contribution is 5.91. The predicted octanol–water partition coefficient (Wildman–Crippen LogP) is 4.26. The molecule has 0 spiro atoms. The molecule has 2 aromatic carbocycles. The Labute approximate surface area is 196 Å². The van der Waals surface area contributed by atoms with Gasteiger partial charge in [-0.3, -0.25) is 4.79 Å². The van der Waals surface area contributed by atoms with E-state index in [0.29, 0.717) is 12.5 Å². The number of nitrogens with one attached hydrogen (secondary N) is 1. The number of aliphatic hydroxyl groups is 1. The highest BCUT2D eigenvalue weighted by atomic mass is 16.3. The van der Waals surface area contributed by atoms with Gasteiger partial charge in [-0.25, -0.2) is 9.97 Å². The number of piperidine rings is 1. The summed E-state index contributed by atoms with van der Waals surface area (Å²) in [5, 5.41) is 13.9. The number of carbonyl (C=O) groups excluding carboxylic acids is 1. The van der Waals surface area contributed by atoms with E-state index in [1.54, 1.807) is 0 Å². The van der Waals surface area contributed by atoms with Crippen molar-refractivity contribution >= 4 is 22.6 Å². The van der Waals surface area contributed by atoms with E-state index in [4.69, 9.17) is 9.97 Å². The first-order chi connectivity index (χ1) is 15.8. The lowest BCUT2D eigenvalue weighted by Gasteiger charge is -2.34. The van der Waals surface area contributed by atoms with Gasteiger partial charge in [0, 0.05) is 30.6 Å². The van der Waals surface area contributed by atoms with Crippen LogP contribution in [-0.4, -0.2) is 46.7 Å². The number of amides is 1. The number of aromatic nitrogens is 2. The average Bonchev–Trinajstić information content (AvgIpc) is 2.81. The lowest BCUT2D eigenvalue weighted by Crippen LogP contribution is -2.43. The molecule has 1 aliphatic rings. The maximum absolute atomic E-state index is 12.1. The Bertz CT molecular complexity index is 1140. The van der Waals surface area contributed by atoms with Gasteiger partial charge >= 0.3 is 0 Å². The third-order valence-corrected chi connectivity index (χ3v) is 6.60. The van der Waals surface area contributed by atoms with Crippen molar-refractivity contribution in [2.45, 2.75) is 46.6 Å². The SMILES string of the molecule is Cc1ccc2c(N3CCC(CNC(=O)C(O)C(C)C)CC3)nc(-c3ccccc3C)nc2c1. The fourth-order valence-electron chi connectivity index (χ4n) is 4.41. The first kappa shape index (κ1) is 23.2. The zero-order valence-electron chi connectivity index (χ0n) is 20.0. The van der Waals surface area contributed by atoms with Crippen LogP contribution in [0.15, 0.2) is 42.5 Å². The fourth-order valence-corrected chi connectivity index (χ4v) is 4.41. The lowest BCUT2D eigenvalue weighted by molar-refractivity contribution is -0.131. The second kappa shape index (κ2) is 9.87. The molecule has 174 valence electrons. The number of aliphatic hydroxyl groups excluding tert-OH is 1. The van der Waals surface area contributed by atoms with Crippen molar-refractivity contribution in [2.24, 2.45) is 11.8 Å². The standard InChI is InChI=1S/C27H34N4O2/c1-17(2)24(32)27(33)28-16-20-11-13-31(14-12-20)26-22-10-9-18(3)15-23(22)29-25(30-26)21-8-6-5-7-19(21)4/h5-10,15,17,20,24,32H,11-14,16H2,1-4H3,(H,28,33). The normalized spacial score (nSPS) is 15.8. The van der Waals surface area contributed by atoms with Crippen LogP contribution in [0.3, 0.4) is 0 Å². The molecule has 1 aromatic heterocycles. The van der Waals surface area contributed by atoms with Crippen molar-refractivity contribution in [3.8, 4) is 11.4 Å². The molecule has 1 unspecified atom stereocenters. The number of hydrogen-bond donors (Lipinski definition) is 2. The third-order valence-electron chi connectivity index (χ3n) is 6.60. The van der Waals surface area contributed by atoms with E-state index in [1.165, 1.54) is 5.56 Å². The van der Waals surface area contributed by atoms with Gasteiger partial charge in [0.1, 0.15) is 11.9 Å². The molecule has 0 saturated carbocycles. The maximum atomic E-state index is 12.1. The molecule has 1 amide bonds. The van der Waals surface area contributed by atoms with Gasteiger partial charge in [0.15, 0.2) is 5.82 Å². The molecule has 4 rings (SSSR count). The summed E-state index contributed by atoms with van der Waals surface area (Å²) in [4.78, 5) is 24.4. The largest absolute Gasteiger partial charge is 0.383 e. The highest BCUT2D eigenvalue weighted by Gasteiger charge is 2.25. The van der Waals surface area contributed by atoms with Crippen LogP contribution >= 0.6 is 0 Å². The van der Waals surface area contributed by atoms with Crippen molar-refractivity contribution in [3.05, 3.63) is 53.6 Å². The second-order valence-electron chi connectivity index (χ2n) is 9.57. The summed E-state index contributed by atoms with van der Waals surface area (Å²) >= 11 is 0. The van der Waals surface area contributed by atoms with Crippen LogP contribution in [0.5, 0.6) is 0 Å². The quantitative estimate of drug-likeness (QED) is 0.591. The Balaban J connectivity index is 1.54. The van der Waals surface area contributed by atoms with Gasteiger partial charge < -0.3 is 15.3 Å². The summed E-state index contributed by atoms with van der Waals surface area (Å²) in [6.07, 6.45) is 0.991. The first-order valence-electron chi connectivity index (χ1n) is 11.9. The molecule has 2 heterocycles. The number of anilines is 1. The number of carbonyl (C=O) groups is 1. The van der Waals surface area contributed by atoms with Crippen molar-refractivity contribution in [1.82, 2.24) is 15.3 Å². The Kier molecular flexibility index (Phi) is 6.94. The molecule has 6 heteroatoms. The second-order valence-corrected chi connectivity index (χ2v) is 9.57. The number of rotatable bonds is 6. The van der Waals surface area contributed by atoms with Gasteiger partial charge in [-0.15, -0.1) is 0 Å². The molecule has 0 radical (unpaired) electrons. The van der Waals surface area contributed by atoms with Crippen LogP contribution in [0.25, 0.3) is 22.3 Å². The summed E-state index contributed by atoms with van der Waals surface area (Å²) in [5.41, 5.74) is 4.37. The number of aryl methyl sites for hydroxylation is 2. The predicted molar refractivity (Wildman–Crippen MR) is 133 cm³/mol. The lowest BCUT2D eigenvalue weighted by atomic mass is 9.96. The summed E-state index contributed by atoms with van der Waals surface area (Å²) in [6, 6.07) is 14.6. The maximum Gasteiger partial charge on any atom is 0.249 e. The molecule has 1 fully saturated rings. The summed E-state index contributed by atoms with van der Waals surface area (Å²) in [7, 11) is 0. The van der Waals surface area contributed by atoms with Gasteiger partial charge in [0.05, 0.1) is 5.52 Å². The minimum Gasteiger partial charge on any atom is -0.383 e. The Morgan fingerprint density at radius 2 is 1.85 bits per heavy atom. The smallest absolute Gasteiger partial charge is 0.249 e. The molecule has 1 aliphatic heterocycles.